The third-order valence-corrected chi connectivity index (χ3v) is 5.91. The Morgan fingerprint density at radius 3 is 2.85 bits per heavy atom. The highest BCUT2D eigenvalue weighted by atomic mass is 16.5. The summed E-state index contributed by atoms with van der Waals surface area (Å²) in [5, 5.41) is 11.2. The lowest BCUT2D eigenvalue weighted by atomic mass is 10.2. The largest absolute Gasteiger partial charge is 0.378 e. The van der Waals surface area contributed by atoms with E-state index in [-0.39, 0.29) is 18.2 Å². The minimum Gasteiger partial charge on any atom is -0.378 e. The van der Waals surface area contributed by atoms with Crippen LogP contribution in [0.5, 0.6) is 0 Å². The van der Waals surface area contributed by atoms with E-state index >= 15 is 0 Å². The predicted molar refractivity (Wildman–Crippen MR) is 128 cm³/mol. The number of carbonyl (C=O) groups excluding carboxylic acids is 1. The van der Waals surface area contributed by atoms with Gasteiger partial charge < -0.3 is 10.1 Å². The Bertz CT molecular complexity index is 1290. The van der Waals surface area contributed by atoms with Crippen molar-refractivity contribution in [1.82, 2.24) is 34.9 Å². The van der Waals surface area contributed by atoms with E-state index in [1.807, 2.05) is 43.5 Å². The first-order valence-corrected chi connectivity index (χ1v) is 11.1. The van der Waals surface area contributed by atoms with Crippen molar-refractivity contribution in [2.75, 3.05) is 25.5 Å². The van der Waals surface area contributed by atoms with Crippen LogP contribution in [0, 0.1) is 6.92 Å². The van der Waals surface area contributed by atoms with Gasteiger partial charge in [-0.1, -0.05) is 6.07 Å². The monoisotopic (exact) mass is 458 g/mol. The van der Waals surface area contributed by atoms with Crippen LogP contribution in [0.3, 0.4) is 0 Å². The SMILES string of the molecule is CO[C@@H]1CN(Cc2cccnc2)C[C@H]1NC(=O)Nc1cc2cnn(-c3ccnc(C)c3)c2cn1. The third kappa shape index (κ3) is 4.73. The summed E-state index contributed by atoms with van der Waals surface area (Å²) < 4.78 is 7.43. The number of carbonyl (C=O) groups is 1. The van der Waals surface area contributed by atoms with Crippen LogP contribution in [0.4, 0.5) is 10.6 Å². The van der Waals surface area contributed by atoms with E-state index in [1.165, 1.54) is 0 Å². The fourth-order valence-electron chi connectivity index (χ4n) is 4.29. The zero-order valence-corrected chi connectivity index (χ0v) is 19.0. The van der Waals surface area contributed by atoms with Gasteiger partial charge in [-0.2, -0.15) is 5.10 Å². The number of aryl methyl sites for hydroxylation is 1. The molecule has 1 aliphatic rings. The van der Waals surface area contributed by atoms with Gasteiger partial charge in [0.2, 0.25) is 0 Å². The Morgan fingerprint density at radius 2 is 2.06 bits per heavy atom. The van der Waals surface area contributed by atoms with Gasteiger partial charge in [0, 0.05) is 56.4 Å². The fraction of sp³-hybridized carbons (Fsp3) is 0.292. The molecule has 4 aromatic rings. The van der Waals surface area contributed by atoms with Crippen molar-refractivity contribution in [2.24, 2.45) is 0 Å². The summed E-state index contributed by atoms with van der Waals surface area (Å²) >= 11 is 0. The minimum absolute atomic E-state index is 0.0973. The van der Waals surface area contributed by atoms with Crippen molar-refractivity contribution in [3.63, 3.8) is 0 Å². The average Bonchev–Trinajstić information content (AvgIpc) is 3.43. The van der Waals surface area contributed by atoms with Crippen LogP contribution in [0.25, 0.3) is 16.6 Å². The second-order valence-corrected chi connectivity index (χ2v) is 8.37. The summed E-state index contributed by atoms with van der Waals surface area (Å²) in [6.07, 6.45) is 8.73. The molecule has 5 rings (SSSR count). The van der Waals surface area contributed by atoms with E-state index in [1.54, 1.807) is 36.6 Å². The second-order valence-electron chi connectivity index (χ2n) is 8.37. The Balaban J connectivity index is 1.23. The summed E-state index contributed by atoms with van der Waals surface area (Å²) in [7, 11) is 1.67. The van der Waals surface area contributed by atoms with Crippen LogP contribution in [-0.2, 0) is 11.3 Å². The first kappa shape index (κ1) is 21.9. The molecule has 2 amide bonds. The third-order valence-electron chi connectivity index (χ3n) is 5.91. The van der Waals surface area contributed by atoms with Gasteiger partial charge >= 0.3 is 6.03 Å². The number of urea groups is 1. The van der Waals surface area contributed by atoms with Crippen LogP contribution in [0.2, 0.25) is 0 Å². The summed E-state index contributed by atoms with van der Waals surface area (Å²) in [6.45, 7) is 4.11. The van der Waals surface area contributed by atoms with Crippen molar-refractivity contribution in [3.05, 3.63) is 72.6 Å². The van der Waals surface area contributed by atoms with Crippen LogP contribution < -0.4 is 10.6 Å². The number of nitrogens with one attached hydrogen (secondary N) is 2. The van der Waals surface area contributed by atoms with E-state index in [4.69, 9.17) is 4.74 Å². The van der Waals surface area contributed by atoms with Gasteiger partial charge in [0.25, 0.3) is 0 Å². The highest BCUT2D eigenvalue weighted by Crippen LogP contribution is 2.21. The van der Waals surface area contributed by atoms with Crippen molar-refractivity contribution < 1.29 is 9.53 Å². The Labute approximate surface area is 197 Å². The van der Waals surface area contributed by atoms with Crippen molar-refractivity contribution in [3.8, 4) is 5.69 Å². The van der Waals surface area contributed by atoms with Crippen molar-refractivity contribution in [1.29, 1.82) is 0 Å². The molecule has 1 fully saturated rings. The first-order chi connectivity index (χ1) is 16.6. The molecule has 0 unspecified atom stereocenters. The van der Waals surface area contributed by atoms with E-state index in [0.717, 1.165) is 40.9 Å². The van der Waals surface area contributed by atoms with Gasteiger partial charge in [0.1, 0.15) is 5.82 Å². The van der Waals surface area contributed by atoms with Crippen molar-refractivity contribution >= 4 is 22.8 Å². The van der Waals surface area contributed by atoms with Gasteiger partial charge in [-0.25, -0.2) is 14.5 Å². The number of fused-ring (bicyclic) bond motifs is 1. The number of hydrogen-bond acceptors (Lipinski definition) is 7. The van der Waals surface area contributed by atoms with E-state index in [2.05, 4.69) is 35.6 Å². The molecule has 0 bridgehead atoms. The molecule has 0 aromatic carbocycles. The number of rotatable bonds is 6. The van der Waals surface area contributed by atoms with Crippen LogP contribution >= 0.6 is 0 Å². The standard InChI is InChI=1S/C24H26N8O2/c1-16-8-19(5-7-26-16)32-21-12-27-23(9-18(21)11-28-32)30-24(33)29-20-14-31(15-22(20)34-2)13-17-4-3-6-25-10-17/h3-12,20,22H,13-15H2,1-2H3,(H2,27,29,30,33)/t20-,22-/m1/s1. The van der Waals surface area contributed by atoms with Gasteiger partial charge in [0.15, 0.2) is 0 Å². The molecule has 0 saturated carbocycles. The zero-order valence-electron chi connectivity index (χ0n) is 19.0. The maximum Gasteiger partial charge on any atom is 0.320 e. The summed E-state index contributed by atoms with van der Waals surface area (Å²) in [5.74, 6) is 0.453. The van der Waals surface area contributed by atoms with Gasteiger partial charge in [-0.05, 0) is 36.8 Å². The molecular formula is C24H26N8O2. The number of pyridine rings is 3. The van der Waals surface area contributed by atoms with Gasteiger partial charge in [-0.15, -0.1) is 0 Å². The smallest absolute Gasteiger partial charge is 0.320 e. The number of ether oxygens (including phenoxy) is 1. The van der Waals surface area contributed by atoms with Gasteiger partial charge in [-0.3, -0.25) is 20.2 Å². The number of likely N-dealkylation sites (tertiary alicyclic amines) is 1. The Kier molecular flexibility index (Phi) is 6.15. The summed E-state index contributed by atoms with van der Waals surface area (Å²) in [5.41, 5.74) is 3.79. The lowest BCUT2D eigenvalue weighted by molar-refractivity contribution is 0.0916. The average molecular weight is 459 g/mol. The molecule has 4 aromatic heterocycles. The minimum atomic E-state index is -0.320. The van der Waals surface area contributed by atoms with E-state index in [0.29, 0.717) is 12.4 Å². The molecule has 0 aliphatic carbocycles. The van der Waals surface area contributed by atoms with Crippen LogP contribution in [-0.4, -0.2) is 68.0 Å². The van der Waals surface area contributed by atoms with Crippen molar-refractivity contribution in [2.45, 2.75) is 25.6 Å². The highest BCUT2D eigenvalue weighted by Gasteiger charge is 2.34. The number of anilines is 1. The molecule has 0 radical (unpaired) electrons. The number of amides is 2. The predicted octanol–water partition coefficient (Wildman–Crippen LogP) is 2.54. The number of aromatic nitrogens is 5. The van der Waals surface area contributed by atoms with Crippen LogP contribution in [0.1, 0.15) is 11.3 Å². The van der Waals surface area contributed by atoms with E-state index in [9.17, 15) is 4.79 Å². The molecule has 2 N–H and O–H groups in total. The number of hydrogen-bond donors (Lipinski definition) is 2. The highest BCUT2D eigenvalue weighted by molar-refractivity contribution is 5.91. The molecule has 10 nitrogen and oxygen atoms in total. The lowest BCUT2D eigenvalue weighted by Gasteiger charge is -2.18. The maximum absolute atomic E-state index is 12.7. The quantitative estimate of drug-likeness (QED) is 0.457. The second kappa shape index (κ2) is 9.54. The summed E-state index contributed by atoms with van der Waals surface area (Å²) in [4.78, 5) is 27.8. The molecule has 34 heavy (non-hydrogen) atoms. The zero-order chi connectivity index (χ0) is 23.5. The topological polar surface area (TPSA) is 110 Å². The Hall–Kier alpha value is -3.89. The lowest BCUT2D eigenvalue weighted by Crippen LogP contribution is -2.45. The molecule has 0 spiro atoms. The van der Waals surface area contributed by atoms with E-state index < -0.39 is 0 Å². The molecular weight excluding hydrogens is 432 g/mol. The Morgan fingerprint density at radius 1 is 1.15 bits per heavy atom. The first-order valence-electron chi connectivity index (χ1n) is 11.1. The molecule has 1 saturated heterocycles. The number of nitrogens with zero attached hydrogens (tertiary/aromatic N) is 6. The molecule has 10 heteroatoms. The summed E-state index contributed by atoms with van der Waals surface area (Å²) in [6, 6.07) is 9.17. The molecule has 1 aliphatic heterocycles. The molecule has 174 valence electrons. The normalized spacial score (nSPS) is 18.3. The number of methoxy groups -OCH3 is 1. The van der Waals surface area contributed by atoms with Crippen LogP contribution in [0.15, 0.2) is 61.3 Å². The molecule has 5 heterocycles. The van der Waals surface area contributed by atoms with Gasteiger partial charge in [0.05, 0.1) is 35.7 Å². The fourth-order valence-corrected chi connectivity index (χ4v) is 4.29. The molecule has 2 atom stereocenters. The maximum atomic E-state index is 12.7.